The Kier molecular flexibility index (Phi) is 10.8. The SMILES string of the molecule is C=C[C@@H]1[C@@H](c2cc(OC)c3c(c2)OCO3)CN(CC(=O)N(CCCC)CCCN(C)C)[C@H]1CCN1CCC(C)(C)C1=O. The summed E-state index contributed by atoms with van der Waals surface area (Å²) in [6, 6.07) is 4.17. The van der Waals surface area contributed by atoms with Crippen molar-refractivity contribution in [2.45, 2.75) is 64.8 Å². The highest BCUT2D eigenvalue weighted by Gasteiger charge is 2.44. The van der Waals surface area contributed by atoms with Crippen molar-refractivity contribution >= 4 is 11.8 Å². The maximum absolute atomic E-state index is 13.8. The summed E-state index contributed by atoms with van der Waals surface area (Å²) >= 11 is 0. The highest BCUT2D eigenvalue weighted by Crippen LogP contribution is 2.47. The molecule has 0 bridgehead atoms. The Morgan fingerprint density at radius 3 is 2.60 bits per heavy atom. The third-order valence-corrected chi connectivity index (χ3v) is 9.26. The number of amides is 2. The normalized spacial score (nSPS) is 23.2. The van der Waals surface area contributed by atoms with E-state index in [9.17, 15) is 9.59 Å². The second-order valence-corrected chi connectivity index (χ2v) is 13.0. The highest BCUT2D eigenvalue weighted by molar-refractivity contribution is 5.84. The number of carbonyl (C=O) groups excluding carboxylic acids is 2. The lowest BCUT2D eigenvalue weighted by Crippen LogP contribution is -2.45. The van der Waals surface area contributed by atoms with Crippen LogP contribution in [0.5, 0.6) is 17.2 Å². The number of unbranched alkanes of at least 4 members (excludes halogenated alkanes) is 1. The number of hydrogen-bond acceptors (Lipinski definition) is 7. The number of hydrogen-bond donors (Lipinski definition) is 0. The van der Waals surface area contributed by atoms with Crippen molar-refractivity contribution in [3.63, 3.8) is 0 Å². The molecule has 2 fully saturated rings. The molecule has 0 saturated carbocycles. The molecule has 42 heavy (non-hydrogen) atoms. The van der Waals surface area contributed by atoms with Gasteiger partial charge in [-0.3, -0.25) is 14.5 Å². The van der Waals surface area contributed by atoms with Gasteiger partial charge in [0.25, 0.3) is 0 Å². The van der Waals surface area contributed by atoms with Crippen molar-refractivity contribution < 1.29 is 23.8 Å². The van der Waals surface area contributed by atoms with E-state index in [1.54, 1.807) is 7.11 Å². The summed E-state index contributed by atoms with van der Waals surface area (Å²) in [5.41, 5.74) is 0.786. The zero-order valence-corrected chi connectivity index (χ0v) is 26.7. The van der Waals surface area contributed by atoms with Crippen molar-refractivity contribution in [3.8, 4) is 17.2 Å². The Labute approximate surface area is 252 Å². The van der Waals surface area contributed by atoms with E-state index < -0.39 is 0 Å². The lowest BCUT2D eigenvalue weighted by Gasteiger charge is -2.31. The van der Waals surface area contributed by atoms with Crippen LogP contribution in [-0.2, 0) is 9.59 Å². The smallest absolute Gasteiger partial charge is 0.236 e. The molecule has 1 aromatic rings. The summed E-state index contributed by atoms with van der Waals surface area (Å²) in [5, 5.41) is 0. The van der Waals surface area contributed by atoms with Gasteiger partial charge in [-0.1, -0.05) is 33.3 Å². The number of benzene rings is 1. The van der Waals surface area contributed by atoms with Crippen LogP contribution in [0.25, 0.3) is 0 Å². The van der Waals surface area contributed by atoms with Gasteiger partial charge >= 0.3 is 0 Å². The minimum Gasteiger partial charge on any atom is -0.493 e. The minimum atomic E-state index is -0.304. The van der Waals surface area contributed by atoms with Crippen LogP contribution in [0.15, 0.2) is 24.8 Å². The molecular formula is C33H52N4O5. The van der Waals surface area contributed by atoms with Crippen LogP contribution in [0.4, 0.5) is 0 Å². The fourth-order valence-electron chi connectivity index (χ4n) is 6.71. The molecule has 234 valence electrons. The molecule has 0 radical (unpaired) electrons. The van der Waals surface area contributed by atoms with Crippen molar-refractivity contribution in [2.24, 2.45) is 11.3 Å². The zero-order valence-electron chi connectivity index (χ0n) is 26.7. The van der Waals surface area contributed by atoms with Crippen LogP contribution in [0.1, 0.15) is 64.4 Å². The molecule has 3 atom stereocenters. The first-order chi connectivity index (χ1) is 20.1. The van der Waals surface area contributed by atoms with E-state index in [1.807, 2.05) is 30.9 Å². The molecule has 3 aliphatic rings. The standard InChI is InChI=1S/C33H52N4O5/c1-8-10-15-35(16-11-14-34(5)6)30(38)22-37-21-26(24-19-28(40-7)31-29(20-24)41-23-42-31)25(9-2)27(37)12-17-36-18-13-33(3,4)32(36)39/h9,19-20,25-27H,2,8,10-18,21-23H2,1,3-7H3/t25-,26-,27+/m1/s1. The maximum atomic E-state index is 13.8. The fraction of sp³-hybridized carbons (Fsp3) is 0.697. The Hall–Kier alpha value is -2.78. The predicted octanol–water partition coefficient (Wildman–Crippen LogP) is 4.22. The van der Waals surface area contributed by atoms with E-state index in [0.717, 1.165) is 63.8 Å². The molecule has 0 unspecified atom stereocenters. The third-order valence-electron chi connectivity index (χ3n) is 9.26. The number of ether oxygens (including phenoxy) is 3. The quantitative estimate of drug-likeness (QED) is 0.286. The first kappa shape index (κ1) is 32.1. The Bertz CT molecular complexity index is 1110. The number of fused-ring (bicyclic) bond motifs is 1. The van der Waals surface area contributed by atoms with Gasteiger partial charge in [-0.05, 0) is 64.0 Å². The minimum absolute atomic E-state index is 0.0826. The van der Waals surface area contributed by atoms with Crippen LogP contribution < -0.4 is 14.2 Å². The molecule has 0 aromatic heterocycles. The van der Waals surface area contributed by atoms with Gasteiger partial charge in [0, 0.05) is 56.0 Å². The molecule has 9 nitrogen and oxygen atoms in total. The van der Waals surface area contributed by atoms with Crippen LogP contribution in [0.2, 0.25) is 0 Å². The molecule has 3 aliphatic heterocycles. The van der Waals surface area contributed by atoms with Crippen LogP contribution in [-0.4, -0.2) is 111 Å². The molecule has 2 amide bonds. The number of nitrogens with zero attached hydrogens (tertiary/aromatic N) is 4. The molecule has 4 rings (SSSR count). The molecule has 0 N–H and O–H groups in total. The largest absolute Gasteiger partial charge is 0.493 e. The Morgan fingerprint density at radius 2 is 1.95 bits per heavy atom. The van der Waals surface area contributed by atoms with Crippen molar-refractivity contribution in [2.75, 3.05) is 73.8 Å². The van der Waals surface area contributed by atoms with Crippen molar-refractivity contribution in [1.29, 1.82) is 0 Å². The monoisotopic (exact) mass is 584 g/mol. The molecule has 1 aromatic carbocycles. The van der Waals surface area contributed by atoms with Gasteiger partial charge in [0.2, 0.25) is 24.4 Å². The summed E-state index contributed by atoms with van der Waals surface area (Å²) in [6.45, 7) is 15.7. The second kappa shape index (κ2) is 14.1. The average Bonchev–Trinajstić information content (AvgIpc) is 3.64. The molecule has 9 heteroatoms. The van der Waals surface area contributed by atoms with Gasteiger partial charge in [-0.15, -0.1) is 6.58 Å². The lowest BCUT2D eigenvalue weighted by molar-refractivity contribution is -0.135. The summed E-state index contributed by atoms with van der Waals surface area (Å²) in [7, 11) is 5.78. The first-order valence-corrected chi connectivity index (χ1v) is 15.7. The first-order valence-electron chi connectivity index (χ1n) is 15.7. The Balaban J connectivity index is 1.57. The van der Waals surface area contributed by atoms with Crippen LogP contribution in [0, 0.1) is 11.3 Å². The van der Waals surface area contributed by atoms with E-state index in [1.165, 1.54) is 0 Å². The van der Waals surface area contributed by atoms with Gasteiger partial charge in [0.1, 0.15) is 0 Å². The molecule has 2 saturated heterocycles. The molecule has 3 heterocycles. The topological polar surface area (TPSA) is 74.8 Å². The lowest BCUT2D eigenvalue weighted by atomic mass is 9.84. The van der Waals surface area contributed by atoms with E-state index in [0.29, 0.717) is 36.9 Å². The van der Waals surface area contributed by atoms with Gasteiger partial charge in [-0.2, -0.15) is 0 Å². The number of carbonyl (C=O) groups is 2. The van der Waals surface area contributed by atoms with Gasteiger partial charge in [0.05, 0.1) is 13.7 Å². The van der Waals surface area contributed by atoms with E-state index in [2.05, 4.69) is 48.4 Å². The summed E-state index contributed by atoms with van der Waals surface area (Å²) in [6.07, 6.45) is 6.71. The van der Waals surface area contributed by atoms with E-state index >= 15 is 0 Å². The molecular weight excluding hydrogens is 532 g/mol. The number of methoxy groups -OCH3 is 1. The van der Waals surface area contributed by atoms with Crippen LogP contribution >= 0.6 is 0 Å². The van der Waals surface area contributed by atoms with Crippen molar-refractivity contribution in [3.05, 3.63) is 30.4 Å². The van der Waals surface area contributed by atoms with Gasteiger partial charge in [-0.25, -0.2) is 0 Å². The third kappa shape index (κ3) is 7.22. The van der Waals surface area contributed by atoms with Gasteiger partial charge < -0.3 is 28.9 Å². The molecule has 0 spiro atoms. The second-order valence-electron chi connectivity index (χ2n) is 13.0. The fourth-order valence-corrected chi connectivity index (χ4v) is 6.71. The van der Waals surface area contributed by atoms with E-state index in [4.69, 9.17) is 14.2 Å². The summed E-state index contributed by atoms with van der Waals surface area (Å²) in [4.78, 5) is 35.4. The van der Waals surface area contributed by atoms with Crippen LogP contribution in [0.3, 0.4) is 0 Å². The average molecular weight is 585 g/mol. The molecule has 0 aliphatic carbocycles. The Morgan fingerprint density at radius 1 is 1.19 bits per heavy atom. The highest BCUT2D eigenvalue weighted by atomic mass is 16.7. The van der Waals surface area contributed by atoms with Crippen molar-refractivity contribution in [1.82, 2.24) is 19.6 Å². The predicted molar refractivity (Wildman–Crippen MR) is 165 cm³/mol. The summed E-state index contributed by atoms with van der Waals surface area (Å²) < 4.78 is 17.1. The maximum Gasteiger partial charge on any atom is 0.236 e. The zero-order chi connectivity index (χ0) is 30.4. The van der Waals surface area contributed by atoms with E-state index in [-0.39, 0.29) is 41.9 Å². The summed E-state index contributed by atoms with van der Waals surface area (Å²) in [5.74, 6) is 2.59. The van der Waals surface area contributed by atoms with Gasteiger partial charge in [0.15, 0.2) is 11.5 Å². The number of likely N-dealkylation sites (tertiary alicyclic amines) is 2. The number of rotatable bonds is 15.